The van der Waals surface area contributed by atoms with Crippen LogP contribution in [0.25, 0.3) is 6.08 Å². The molecule has 9 heteroatoms. The Hall–Kier alpha value is -3.33. The van der Waals surface area contributed by atoms with Crippen LogP contribution in [-0.2, 0) is 9.59 Å². The number of ether oxygens (including phenoxy) is 2. The average Bonchev–Trinajstić information content (AvgIpc) is 3.06. The van der Waals surface area contributed by atoms with Crippen LogP contribution < -0.4 is 14.8 Å². The highest BCUT2D eigenvalue weighted by Crippen LogP contribution is 2.38. The second kappa shape index (κ2) is 10.3. The van der Waals surface area contributed by atoms with E-state index in [0.717, 1.165) is 11.8 Å². The van der Waals surface area contributed by atoms with Crippen molar-refractivity contribution in [3.05, 3.63) is 58.8 Å². The molecular formula is C23H23FN2O5S. The van der Waals surface area contributed by atoms with Crippen molar-refractivity contribution < 1.29 is 28.2 Å². The second-order valence-corrected chi connectivity index (χ2v) is 8.02. The molecule has 2 aromatic carbocycles. The molecule has 2 aromatic rings. The van der Waals surface area contributed by atoms with E-state index in [1.54, 1.807) is 24.3 Å². The number of amides is 3. The van der Waals surface area contributed by atoms with Gasteiger partial charge in [-0.3, -0.25) is 19.3 Å². The Kier molecular flexibility index (Phi) is 7.53. The first-order chi connectivity index (χ1) is 15.3. The number of carbonyl (C=O) groups is 3. The van der Waals surface area contributed by atoms with E-state index in [1.807, 2.05) is 13.8 Å². The van der Waals surface area contributed by atoms with Gasteiger partial charge < -0.3 is 14.8 Å². The van der Waals surface area contributed by atoms with Gasteiger partial charge in [0.2, 0.25) is 0 Å². The largest absolute Gasteiger partial charge is 0.493 e. The predicted octanol–water partition coefficient (Wildman–Crippen LogP) is 4.69. The van der Waals surface area contributed by atoms with Crippen molar-refractivity contribution in [1.82, 2.24) is 4.90 Å². The zero-order chi connectivity index (χ0) is 23.3. The molecule has 7 nitrogen and oxygen atoms in total. The number of hydrogen-bond acceptors (Lipinski definition) is 6. The van der Waals surface area contributed by atoms with Crippen molar-refractivity contribution in [2.75, 3.05) is 19.0 Å². The number of methoxy groups -OCH3 is 1. The first-order valence-corrected chi connectivity index (χ1v) is 10.8. The van der Waals surface area contributed by atoms with Crippen molar-refractivity contribution in [3.63, 3.8) is 0 Å². The maximum atomic E-state index is 13.0. The number of para-hydroxylation sites is 1. The minimum Gasteiger partial charge on any atom is -0.493 e. The first kappa shape index (κ1) is 23.3. The molecule has 0 radical (unpaired) electrons. The highest BCUT2D eigenvalue weighted by Gasteiger charge is 2.37. The monoisotopic (exact) mass is 458 g/mol. The Labute approximate surface area is 189 Å². The van der Waals surface area contributed by atoms with Gasteiger partial charge in [0, 0.05) is 17.3 Å². The van der Waals surface area contributed by atoms with E-state index in [2.05, 4.69) is 5.32 Å². The standard InChI is InChI=1S/C23H23FN2O5S/c1-4-14(2)26-22(28)19(32-23(26)29)12-15-6-5-7-18(30-3)21(15)31-13-20(27)25-17-10-8-16(24)9-11-17/h5-12,14H,4,13H2,1-3H3,(H,25,27)/b19-12+/t14-/m1/s1. The number of imide groups is 1. The number of nitrogens with zero attached hydrogens (tertiary/aromatic N) is 1. The van der Waals surface area contributed by atoms with Crippen LogP contribution in [0, 0.1) is 5.82 Å². The highest BCUT2D eigenvalue weighted by atomic mass is 32.2. The summed E-state index contributed by atoms with van der Waals surface area (Å²) in [7, 11) is 1.46. The molecule has 168 valence electrons. The first-order valence-electron chi connectivity index (χ1n) is 9.96. The number of rotatable bonds is 8. The number of halogens is 1. The van der Waals surface area contributed by atoms with Gasteiger partial charge in [-0.15, -0.1) is 0 Å². The minimum atomic E-state index is -0.453. The fraction of sp³-hybridized carbons (Fsp3) is 0.261. The minimum absolute atomic E-state index is 0.204. The van der Waals surface area contributed by atoms with Crippen LogP contribution in [0.15, 0.2) is 47.4 Å². The van der Waals surface area contributed by atoms with E-state index < -0.39 is 11.7 Å². The van der Waals surface area contributed by atoms with E-state index in [-0.39, 0.29) is 34.4 Å². The van der Waals surface area contributed by atoms with Crippen LogP contribution in [0.1, 0.15) is 25.8 Å². The summed E-state index contributed by atoms with van der Waals surface area (Å²) < 4.78 is 24.1. The van der Waals surface area contributed by atoms with Gasteiger partial charge in [0.05, 0.1) is 12.0 Å². The van der Waals surface area contributed by atoms with Crippen molar-refractivity contribution in [2.24, 2.45) is 0 Å². The lowest BCUT2D eigenvalue weighted by Crippen LogP contribution is -2.36. The molecule has 1 N–H and O–H groups in total. The quantitative estimate of drug-likeness (QED) is 0.578. The lowest BCUT2D eigenvalue weighted by atomic mass is 10.1. The van der Waals surface area contributed by atoms with Crippen LogP contribution >= 0.6 is 11.8 Å². The van der Waals surface area contributed by atoms with Gasteiger partial charge >= 0.3 is 0 Å². The Morgan fingerprint density at radius 3 is 2.59 bits per heavy atom. The lowest BCUT2D eigenvalue weighted by molar-refractivity contribution is -0.124. The number of benzene rings is 2. The third kappa shape index (κ3) is 5.28. The molecule has 3 rings (SSSR count). The van der Waals surface area contributed by atoms with Crippen molar-refractivity contribution in [1.29, 1.82) is 0 Å². The molecule has 1 aliphatic heterocycles. The molecule has 1 heterocycles. The zero-order valence-electron chi connectivity index (χ0n) is 17.9. The number of nitrogens with one attached hydrogen (secondary N) is 1. The van der Waals surface area contributed by atoms with Gasteiger partial charge in [-0.2, -0.15) is 0 Å². The number of carbonyl (C=O) groups excluding carboxylic acids is 3. The van der Waals surface area contributed by atoms with Gasteiger partial charge in [-0.1, -0.05) is 19.1 Å². The molecule has 3 amide bonds. The topological polar surface area (TPSA) is 84.9 Å². The lowest BCUT2D eigenvalue weighted by Gasteiger charge is -2.19. The smallest absolute Gasteiger partial charge is 0.293 e. The third-order valence-electron chi connectivity index (χ3n) is 4.85. The molecule has 1 aliphatic rings. The summed E-state index contributed by atoms with van der Waals surface area (Å²) in [5.74, 6) is -0.590. The van der Waals surface area contributed by atoms with Gasteiger partial charge in [0.25, 0.3) is 17.1 Å². The Balaban J connectivity index is 1.79. The van der Waals surface area contributed by atoms with Crippen LogP contribution in [0.4, 0.5) is 14.9 Å². The van der Waals surface area contributed by atoms with Gasteiger partial charge in [0.1, 0.15) is 5.82 Å². The zero-order valence-corrected chi connectivity index (χ0v) is 18.7. The molecule has 0 aliphatic carbocycles. The van der Waals surface area contributed by atoms with Gasteiger partial charge in [-0.05, 0) is 61.5 Å². The van der Waals surface area contributed by atoms with Crippen LogP contribution in [0.2, 0.25) is 0 Å². The highest BCUT2D eigenvalue weighted by molar-refractivity contribution is 8.18. The molecule has 1 atom stereocenters. The molecule has 32 heavy (non-hydrogen) atoms. The number of thioether (sulfide) groups is 1. The van der Waals surface area contributed by atoms with E-state index in [4.69, 9.17) is 9.47 Å². The fourth-order valence-corrected chi connectivity index (χ4v) is 3.93. The molecular weight excluding hydrogens is 435 g/mol. The summed E-state index contributed by atoms with van der Waals surface area (Å²) in [6, 6.07) is 10.2. The molecule has 0 unspecified atom stereocenters. The normalized spacial score (nSPS) is 15.8. The maximum absolute atomic E-state index is 13.0. The van der Waals surface area contributed by atoms with E-state index >= 15 is 0 Å². The summed E-state index contributed by atoms with van der Waals surface area (Å²) in [6.45, 7) is 3.38. The van der Waals surface area contributed by atoms with Gasteiger partial charge in [0.15, 0.2) is 18.1 Å². The Morgan fingerprint density at radius 2 is 1.94 bits per heavy atom. The van der Waals surface area contributed by atoms with Crippen LogP contribution in [0.5, 0.6) is 11.5 Å². The average molecular weight is 459 g/mol. The Morgan fingerprint density at radius 1 is 1.22 bits per heavy atom. The molecule has 1 saturated heterocycles. The van der Waals surface area contributed by atoms with Crippen molar-refractivity contribution in [3.8, 4) is 11.5 Å². The van der Waals surface area contributed by atoms with Crippen LogP contribution in [0.3, 0.4) is 0 Å². The van der Waals surface area contributed by atoms with Crippen LogP contribution in [-0.4, -0.2) is 41.7 Å². The molecule has 1 fully saturated rings. The van der Waals surface area contributed by atoms with Crippen molar-refractivity contribution in [2.45, 2.75) is 26.3 Å². The summed E-state index contributed by atoms with van der Waals surface area (Å²) in [4.78, 5) is 38.8. The van der Waals surface area contributed by atoms with E-state index in [1.165, 1.54) is 36.3 Å². The summed E-state index contributed by atoms with van der Waals surface area (Å²) in [5.41, 5.74) is 0.924. The van der Waals surface area contributed by atoms with Gasteiger partial charge in [-0.25, -0.2) is 4.39 Å². The van der Waals surface area contributed by atoms with E-state index in [9.17, 15) is 18.8 Å². The maximum Gasteiger partial charge on any atom is 0.293 e. The predicted molar refractivity (Wildman–Crippen MR) is 121 cm³/mol. The molecule has 0 spiro atoms. The Bertz CT molecular complexity index is 1050. The summed E-state index contributed by atoms with van der Waals surface area (Å²) in [6.07, 6.45) is 2.21. The number of anilines is 1. The second-order valence-electron chi connectivity index (χ2n) is 7.03. The molecule has 0 bridgehead atoms. The molecule has 0 saturated carbocycles. The number of hydrogen-bond donors (Lipinski definition) is 1. The fourth-order valence-electron chi connectivity index (χ4n) is 3.01. The van der Waals surface area contributed by atoms with Crippen molar-refractivity contribution >= 4 is 40.6 Å². The summed E-state index contributed by atoms with van der Waals surface area (Å²) >= 11 is 0.862. The third-order valence-corrected chi connectivity index (χ3v) is 5.73. The van der Waals surface area contributed by atoms with E-state index in [0.29, 0.717) is 23.4 Å². The molecule has 0 aromatic heterocycles. The SMILES string of the molecule is CC[C@@H](C)N1C(=O)S/C(=C/c2cccc(OC)c2OCC(=O)Nc2ccc(F)cc2)C1=O. The summed E-state index contributed by atoms with van der Waals surface area (Å²) in [5, 5.41) is 2.29.